The summed E-state index contributed by atoms with van der Waals surface area (Å²) >= 11 is 0. The molecule has 0 unspecified atom stereocenters. The lowest BCUT2D eigenvalue weighted by atomic mass is 10.1. The van der Waals surface area contributed by atoms with Gasteiger partial charge >= 0.3 is 0 Å². The Morgan fingerprint density at radius 1 is 1.10 bits per heavy atom. The van der Waals surface area contributed by atoms with E-state index in [-0.39, 0.29) is 23.8 Å². The molecular weight excluding hydrogens is 390 g/mol. The number of carbonyl (C=O) groups excluding carboxylic acids is 1. The molecule has 152 valence electrons. The predicted molar refractivity (Wildman–Crippen MR) is 110 cm³/mol. The van der Waals surface area contributed by atoms with Crippen LogP contribution in [0.25, 0.3) is 0 Å². The molecule has 8 nitrogen and oxygen atoms in total. The zero-order valence-corrected chi connectivity index (χ0v) is 17.1. The number of benzene rings is 2. The lowest BCUT2D eigenvalue weighted by Gasteiger charge is -2.10. The molecule has 1 amide bonds. The summed E-state index contributed by atoms with van der Waals surface area (Å²) < 4.78 is 28.9. The van der Waals surface area contributed by atoms with E-state index < -0.39 is 10.0 Å². The first-order valence-corrected chi connectivity index (χ1v) is 10.6. The Hall–Kier alpha value is -3.04. The van der Waals surface area contributed by atoms with Crippen LogP contribution < -0.4 is 10.0 Å². The molecular formula is C20H23N5O3S. The van der Waals surface area contributed by atoms with Gasteiger partial charge in [-0.05, 0) is 54.8 Å². The van der Waals surface area contributed by atoms with Gasteiger partial charge in [-0.3, -0.25) is 4.79 Å². The zero-order chi connectivity index (χ0) is 20.9. The maximum Gasteiger partial charge on any atom is 0.240 e. The number of aryl methyl sites for hydroxylation is 2. The van der Waals surface area contributed by atoms with E-state index in [4.69, 9.17) is 0 Å². The Morgan fingerprint density at radius 2 is 1.93 bits per heavy atom. The summed E-state index contributed by atoms with van der Waals surface area (Å²) in [7, 11) is -3.65. The molecule has 9 heteroatoms. The number of amides is 1. The van der Waals surface area contributed by atoms with Crippen LogP contribution in [-0.4, -0.2) is 35.6 Å². The second-order valence-corrected chi connectivity index (χ2v) is 8.50. The van der Waals surface area contributed by atoms with E-state index in [0.717, 1.165) is 16.7 Å². The number of hydrogen-bond acceptors (Lipinski definition) is 5. The minimum atomic E-state index is -3.65. The number of sulfonamides is 1. The molecule has 3 aromatic rings. The lowest BCUT2D eigenvalue weighted by Crippen LogP contribution is -2.28. The molecule has 0 saturated carbocycles. The van der Waals surface area contributed by atoms with Crippen molar-refractivity contribution in [3.8, 4) is 0 Å². The molecule has 0 aliphatic heterocycles. The van der Waals surface area contributed by atoms with Gasteiger partial charge in [0.2, 0.25) is 15.9 Å². The SMILES string of the molecule is Cc1ccc(S(=O)(=O)NCCC(=O)Nc2cccc(Cn3cncn3)c2)cc1C. The summed E-state index contributed by atoms with van der Waals surface area (Å²) in [6, 6.07) is 12.3. The van der Waals surface area contributed by atoms with Crippen molar-refractivity contribution in [3.63, 3.8) is 0 Å². The molecule has 1 heterocycles. The van der Waals surface area contributed by atoms with Crippen LogP contribution in [0, 0.1) is 13.8 Å². The normalized spacial score (nSPS) is 11.4. The summed E-state index contributed by atoms with van der Waals surface area (Å²) in [6.45, 7) is 4.34. The van der Waals surface area contributed by atoms with E-state index in [1.165, 1.54) is 6.33 Å². The molecule has 2 N–H and O–H groups in total. The third-order valence-corrected chi connectivity index (χ3v) is 5.91. The fourth-order valence-electron chi connectivity index (χ4n) is 2.74. The van der Waals surface area contributed by atoms with Gasteiger partial charge in [-0.2, -0.15) is 5.10 Å². The van der Waals surface area contributed by atoms with Crippen molar-refractivity contribution in [2.75, 3.05) is 11.9 Å². The van der Waals surface area contributed by atoms with Gasteiger partial charge in [0, 0.05) is 18.7 Å². The number of nitrogens with zero attached hydrogens (tertiary/aromatic N) is 3. The highest BCUT2D eigenvalue weighted by molar-refractivity contribution is 7.89. The minimum absolute atomic E-state index is 0.0136. The third-order valence-electron chi connectivity index (χ3n) is 4.45. The van der Waals surface area contributed by atoms with Crippen LogP contribution in [-0.2, 0) is 21.4 Å². The minimum Gasteiger partial charge on any atom is -0.326 e. The number of carbonyl (C=O) groups is 1. The average molecular weight is 414 g/mol. The Balaban J connectivity index is 1.52. The first-order chi connectivity index (χ1) is 13.8. The number of hydrogen-bond donors (Lipinski definition) is 2. The lowest BCUT2D eigenvalue weighted by molar-refractivity contribution is -0.116. The van der Waals surface area contributed by atoms with E-state index in [1.54, 1.807) is 35.3 Å². The van der Waals surface area contributed by atoms with Gasteiger partial charge in [-0.25, -0.2) is 22.8 Å². The van der Waals surface area contributed by atoms with Crippen molar-refractivity contribution < 1.29 is 13.2 Å². The summed E-state index contributed by atoms with van der Waals surface area (Å²) in [5.74, 6) is -0.273. The molecule has 2 aromatic carbocycles. The smallest absolute Gasteiger partial charge is 0.240 e. The number of anilines is 1. The Bertz CT molecular complexity index is 1100. The van der Waals surface area contributed by atoms with Crippen molar-refractivity contribution in [1.82, 2.24) is 19.5 Å². The summed E-state index contributed by atoms with van der Waals surface area (Å²) in [5.41, 5.74) is 3.53. The van der Waals surface area contributed by atoms with Gasteiger partial charge in [0.05, 0.1) is 11.4 Å². The van der Waals surface area contributed by atoms with E-state index in [1.807, 2.05) is 32.0 Å². The third kappa shape index (κ3) is 5.72. The van der Waals surface area contributed by atoms with Gasteiger partial charge < -0.3 is 5.32 Å². The van der Waals surface area contributed by atoms with Gasteiger partial charge in [0.1, 0.15) is 12.7 Å². The number of nitrogens with one attached hydrogen (secondary N) is 2. The molecule has 29 heavy (non-hydrogen) atoms. The molecule has 0 aliphatic rings. The molecule has 0 radical (unpaired) electrons. The second kappa shape index (κ2) is 8.97. The fourth-order valence-corrected chi connectivity index (χ4v) is 3.85. The standard InChI is InChI=1S/C20H23N5O3S/c1-15-6-7-19(10-16(15)2)29(27,28)23-9-8-20(26)24-18-5-3-4-17(11-18)12-25-14-21-13-22-25/h3-7,10-11,13-14,23H,8-9,12H2,1-2H3,(H,24,26). The maximum atomic E-state index is 12.4. The quantitative estimate of drug-likeness (QED) is 0.589. The van der Waals surface area contributed by atoms with E-state index in [0.29, 0.717) is 12.2 Å². The van der Waals surface area contributed by atoms with Crippen LogP contribution in [0.2, 0.25) is 0 Å². The van der Waals surface area contributed by atoms with Crippen LogP contribution in [0.4, 0.5) is 5.69 Å². The number of aromatic nitrogens is 3. The highest BCUT2D eigenvalue weighted by Gasteiger charge is 2.15. The van der Waals surface area contributed by atoms with E-state index >= 15 is 0 Å². The Morgan fingerprint density at radius 3 is 2.66 bits per heavy atom. The molecule has 0 fully saturated rings. The molecule has 0 spiro atoms. The Kier molecular flexibility index (Phi) is 6.40. The van der Waals surface area contributed by atoms with Crippen LogP contribution in [0.3, 0.4) is 0 Å². The van der Waals surface area contributed by atoms with Crippen molar-refractivity contribution in [2.24, 2.45) is 0 Å². The highest BCUT2D eigenvalue weighted by atomic mass is 32.2. The van der Waals surface area contributed by atoms with Crippen LogP contribution in [0.15, 0.2) is 60.0 Å². The average Bonchev–Trinajstić information content (AvgIpc) is 3.17. The van der Waals surface area contributed by atoms with Crippen LogP contribution in [0.1, 0.15) is 23.1 Å². The summed E-state index contributed by atoms with van der Waals surface area (Å²) in [5, 5.41) is 6.84. The molecule has 0 bridgehead atoms. The highest BCUT2D eigenvalue weighted by Crippen LogP contribution is 2.15. The first kappa shape index (κ1) is 20.7. The second-order valence-electron chi connectivity index (χ2n) is 6.74. The van der Waals surface area contributed by atoms with E-state index in [9.17, 15) is 13.2 Å². The van der Waals surface area contributed by atoms with Crippen molar-refractivity contribution in [1.29, 1.82) is 0 Å². The maximum absolute atomic E-state index is 12.4. The topological polar surface area (TPSA) is 106 Å². The summed E-state index contributed by atoms with van der Waals surface area (Å²) in [4.78, 5) is 16.3. The monoisotopic (exact) mass is 413 g/mol. The zero-order valence-electron chi connectivity index (χ0n) is 16.3. The van der Waals surface area contributed by atoms with Gasteiger partial charge in [-0.1, -0.05) is 18.2 Å². The van der Waals surface area contributed by atoms with E-state index in [2.05, 4.69) is 20.1 Å². The molecule has 1 aromatic heterocycles. The molecule has 0 atom stereocenters. The van der Waals surface area contributed by atoms with Gasteiger partial charge in [0.25, 0.3) is 0 Å². The Labute approximate surface area is 170 Å². The molecule has 3 rings (SSSR count). The van der Waals surface area contributed by atoms with Crippen molar-refractivity contribution in [2.45, 2.75) is 31.7 Å². The van der Waals surface area contributed by atoms with Gasteiger partial charge in [-0.15, -0.1) is 0 Å². The van der Waals surface area contributed by atoms with Crippen molar-refractivity contribution in [3.05, 3.63) is 71.8 Å². The molecule has 0 aliphatic carbocycles. The van der Waals surface area contributed by atoms with Crippen molar-refractivity contribution >= 4 is 21.6 Å². The number of rotatable bonds is 8. The molecule has 0 saturated heterocycles. The van der Waals surface area contributed by atoms with Crippen LogP contribution >= 0.6 is 0 Å². The first-order valence-electron chi connectivity index (χ1n) is 9.11. The largest absolute Gasteiger partial charge is 0.326 e. The predicted octanol–water partition coefficient (Wildman–Crippen LogP) is 2.25. The fraction of sp³-hybridized carbons (Fsp3) is 0.250. The van der Waals surface area contributed by atoms with Crippen LogP contribution in [0.5, 0.6) is 0 Å². The summed E-state index contributed by atoms with van der Waals surface area (Å²) in [6.07, 6.45) is 3.11. The van der Waals surface area contributed by atoms with Gasteiger partial charge in [0.15, 0.2) is 0 Å².